The quantitative estimate of drug-likeness (QED) is 0.373. The number of aromatic nitrogens is 5. The van der Waals surface area contributed by atoms with E-state index in [-0.39, 0.29) is 11.2 Å². The van der Waals surface area contributed by atoms with Crippen molar-refractivity contribution in [2.75, 3.05) is 26.0 Å². The minimum Gasteiger partial charge on any atom is -0.494 e. The highest BCUT2D eigenvalue weighted by atomic mass is 32.2. The molecule has 1 unspecified atom stereocenters. The SMILES string of the molecule is CNC(=O)CCCc1nnc(NSC(C)Cc2ncc(C)cn2)n1-c1c(OC)cccc1OC. The van der Waals surface area contributed by atoms with E-state index in [1.54, 1.807) is 21.3 Å². The Morgan fingerprint density at radius 3 is 2.44 bits per heavy atom. The van der Waals surface area contributed by atoms with Crippen molar-refractivity contribution in [2.45, 2.75) is 44.8 Å². The number of nitrogens with zero attached hydrogens (tertiary/aromatic N) is 5. The predicted octanol–water partition coefficient (Wildman–Crippen LogP) is 3.14. The van der Waals surface area contributed by atoms with Gasteiger partial charge in [-0.2, -0.15) is 0 Å². The Morgan fingerprint density at radius 1 is 1.15 bits per heavy atom. The fourth-order valence-corrected chi connectivity index (χ4v) is 4.01. The van der Waals surface area contributed by atoms with Crippen LogP contribution in [0.2, 0.25) is 0 Å². The number of aryl methyl sites for hydroxylation is 2. The molecule has 34 heavy (non-hydrogen) atoms. The highest BCUT2D eigenvalue weighted by molar-refractivity contribution is 8.01. The Bertz CT molecular complexity index is 1070. The minimum absolute atomic E-state index is 0.0120. The van der Waals surface area contributed by atoms with Gasteiger partial charge >= 0.3 is 0 Å². The maximum absolute atomic E-state index is 11.7. The predicted molar refractivity (Wildman–Crippen MR) is 133 cm³/mol. The Labute approximate surface area is 204 Å². The summed E-state index contributed by atoms with van der Waals surface area (Å²) in [6.07, 6.45) is 5.93. The van der Waals surface area contributed by atoms with Gasteiger partial charge in [-0.15, -0.1) is 10.2 Å². The van der Waals surface area contributed by atoms with E-state index in [0.717, 1.165) is 11.4 Å². The highest BCUT2D eigenvalue weighted by Gasteiger charge is 2.22. The van der Waals surface area contributed by atoms with Gasteiger partial charge in [0.05, 0.1) is 14.2 Å². The number of methoxy groups -OCH3 is 2. The molecule has 0 saturated carbocycles. The third-order valence-corrected chi connectivity index (χ3v) is 5.96. The molecule has 0 aliphatic rings. The van der Waals surface area contributed by atoms with Crippen molar-refractivity contribution in [3.05, 3.63) is 47.8 Å². The second-order valence-electron chi connectivity index (χ2n) is 7.72. The lowest BCUT2D eigenvalue weighted by atomic mass is 10.2. The summed E-state index contributed by atoms with van der Waals surface area (Å²) in [6.45, 7) is 4.06. The molecule has 1 aromatic carbocycles. The van der Waals surface area contributed by atoms with Gasteiger partial charge in [-0.25, -0.2) is 9.97 Å². The van der Waals surface area contributed by atoms with Crippen LogP contribution in [0.25, 0.3) is 5.69 Å². The molecule has 182 valence electrons. The zero-order valence-corrected chi connectivity index (χ0v) is 21.0. The molecule has 2 N–H and O–H groups in total. The van der Waals surface area contributed by atoms with E-state index in [0.29, 0.717) is 54.6 Å². The Hall–Kier alpha value is -3.34. The third-order valence-electron chi connectivity index (χ3n) is 5.09. The van der Waals surface area contributed by atoms with Gasteiger partial charge in [-0.3, -0.25) is 14.1 Å². The van der Waals surface area contributed by atoms with E-state index in [1.807, 2.05) is 42.1 Å². The average Bonchev–Trinajstić information content (AvgIpc) is 3.25. The average molecular weight is 486 g/mol. The number of benzene rings is 1. The molecule has 10 nitrogen and oxygen atoms in total. The van der Waals surface area contributed by atoms with Gasteiger partial charge in [0.15, 0.2) is 0 Å². The number of carbonyl (C=O) groups is 1. The summed E-state index contributed by atoms with van der Waals surface area (Å²) in [5.41, 5.74) is 1.73. The first-order valence-electron chi connectivity index (χ1n) is 11.0. The Morgan fingerprint density at radius 2 is 1.82 bits per heavy atom. The van der Waals surface area contributed by atoms with Crippen LogP contribution >= 0.6 is 11.9 Å². The van der Waals surface area contributed by atoms with Crippen LogP contribution in [0.5, 0.6) is 11.5 Å². The zero-order chi connectivity index (χ0) is 24.5. The standard InChI is InChI=1S/C23H31N7O3S/c1-15-13-25-19(26-14-15)12-16(2)34-29-23-28-27-20(10-7-11-21(31)24-3)30(23)22-17(32-4)8-6-9-18(22)33-5/h6,8-9,13-14,16H,7,10-12H2,1-5H3,(H,24,31)(H,28,29). The van der Waals surface area contributed by atoms with Gasteiger partial charge in [-0.1, -0.05) is 13.0 Å². The van der Waals surface area contributed by atoms with Crippen molar-refractivity contribution < 1.29 is 14.3 Å². The molecule has 3 rings (SSSR count). The number of carbonyl (C=O) groups excluding carboxylic acids is 1. The van der Waals surface area contributed by atoms with Crippen molar-refractivity contribution in [3.8, 4) is 17.2 Å². The number of hydrogen-bond donors (Lipinski definition) is 2. The number of nitrogens with one attached hydrogen (secondary N) is 2. The number of hydrogen-bond acceptors (Lipinski definition) is 9. The molecule has 0 fully saturated rings. The monoisotopic (exact) mass is 485 g/mol. The van der Waals surface area contributed by atoms with Crippen molar-refractivity contribution in [3.63, 3.8) is 0 Å². The molecular weight excluding hydrogens is 454 g/mol. The normalized spacial score (nSPS) is 11.7. The number of anilines is 1. The van der Waals surface area contributed by atoms with Gasteiger partial charge < -0.3 is 14.8 Å². The largest absolute Gasteiger partial charge is 0.494 e. The molecule has 0 aliphatic carbocycles. The molecular formula is C23H31N7O3S. The molecule has 0 radical (unpaired) electrons. The van der Waals surface area contributed by atoms with Crippen molar-refractivity contribution in [1.29, 1.82) is 0 Å². The summed E-state index contributed by atoms with van der Waals surface area (Å²) in [5, 5.41) is 11.6. The van der Waals surface area contributed by atoms with E-state index >= 15 is 0 Å². The molecule has 11 heteroatoms. The molecule has 3 aromatic rings. The lowest BCUT2D eigenvalue weighted by molar-refractivity contribution is -0.120. The first-order valence-corrected chi connectivity index (χ1v) is 11.9. The van der Waals surface area contributed by atoms with E-state index in [9.17, 15) is 4.79 Å². The van der Waals surface area contributed by atoms with Crippen LogP contribution in [-0.2, 0) is 17.6 Å². The topological polar surface area (TPSA) is 116 Å². The van der Waals surface area contributed by atoms with Crippen molar-refractivity contribution in [2.24, 2.45) is 0 Å². The van der Waals surface area contributed by atoms with Crippen molar-refractivity contribution >= 4 is 23.8 Å². The van der Waals surface area contributed by atoms with Crippen LogP contribution in [0.4, 0.5) is 5.95 Å². The summed E-state index contributed by atoms with van der Waals surface area (Å²) in [6, 6.07) is 5.59. The minimum atomic E-state index is -0.0120. The van der Waals surface area contributed by atoms with Crippen LogP contribution in [0.3, 0.4) is 0 Å². The summed E-state index contributed by atoms with van der Waals surface area (Å²) < 4.78 is 16.5. The molecule has 2 aromatic heterocycles. The smallest absolute Gasteiger partial charge is 0.239 e. The van der Waals surface area contributed by atoms with Crippen LogP contribution in [-0.4, -0.2) is 57.2 Å². The second-order valence-corrected chi connectivity index (χ2v) is 8.97. The summed E-state index contributed by atoms with van der Waals surface area (Å²) >= 11 is 1.51. The highest BCUT2D eigenvalue weighted by Crippen LogP contribution is 2.36. The molecule has 1 atom stereocenters. The number of ether oxygens (including phenoxy) is 2. The van der Waals surface area contributed by atoms with Gasteiger partial charge in [0.25, 0.3) is 0 Å². The third kappa shape index (κ3) is 6.37. The zero-order valence-electron chi connectivity index (χ0n) is 20.2. The maximum Gasteiger partial charge on any atom is 0.239 e. The molecule has 0 saturated heterocycles. The number of para-hydroxylation sites is 1. The lowest BCUT2D eigenvalue weighted by Gasteiger charge is -2.18. The fourth-order valence-electron chi connectivity index (χ4n) is 3.34. The molecule has 1 amide bonds. The van der Waals surface area contributed by atoms with Crippen LogP contribution in [0, 0.1) is 6.92 Å². The van der Waals surface area contributed by atoms with Crippen LogP contribution in [0.1, 0.15) is 37.0 Å². The van der Waals surface area contributed by atoms with E-state index in [1.165, 1.54) is 11.9 Å². The molecule has 2 heterocycles. The first-order chi connectivity index (χ1) is 16.5. The summed E-state index contributed by atoms with van der Waals surface area (Å²) in [7, 11) is 4.85. The van der Waals surface area contributed by atoms with Crippen LogP contribution in [0.15, 0.2) is 30.6 Å². The second kappa shape index (κ2) is 12.2. The Balaban J connectivity index is 1.85. The van der Waals surface area contributed by atoms with Crippen LogP contribution < -0.4 is 19.5 Å². The molecule has 0 spiro atoms. The van der Waals surface area contributed by atoms with E-state index < -0.39 is 0 Å². The Kier molecular flexibility index (Phi) is 9.08. The first kappa shape index (κ1) is 25.3. The van der Waals surface area contributed by atoms with E-state index in [4.69, 9.17) is 9.47 Å². The van der Waals surface area contributed by atoms with Gasteiger partial charge in [0.1, 0.15) is 28.8 Å². The number of amides is 1. The number of rotatable bonds is 12. The summed E-state index contributed by atoms with van der Waals surface area (Å²) in [4.78, 5) is 20.5. The molecule has 0 aliphatic heterocycles. The van der Waals surface area contributed by atoms with Gasteiger partial charge in [-0.05, 0) is 43.0 Å². The van der Waals surface area contributed by atoms with Gasteiger partial charge in [0.2, 0.25) is 11.9 Å². The lowest BCUT2D eigenvalue weighted by Crippen LogP contribution is -2.17. The van der Waals surface area contributed by atoms with Crippen molar-refractivity contribution in [1.82, 2.24) is 30.0 Å². The fraction of sp³-hybridized carbons (Fsp3) is 0.435. The molecule has 0 bridgehead atoms. The van der Waals surface area contributed by atoms with E-state index in [2.05, 4.69) is 37.1 Å². The van der Waals surface area contributed by atoms with Gasteiger partial charge in [0, 0.05) is 44.0 Å². The summed E-state index contributed by atoms with van der Waals surface area (Å²) in [5.74, 6) is 3.27. The maximum atomic E-state index is 11.7.